The van der Waals surface area contributed by atoms with E-state index in [0.29, 0.717) is 12.5 Å². The fraction of sp³-hybridized carbons (Fsp3) is 0.643. The summed E-state index contributed by atoms with van der Waals surface area (Å²) in [7, 11) is 0. The van der Waals surface area contributed by atoms with Gasteiger partial charge in [0.05, 0.1) is 11.0 Å². The standard InChI is InChI=1S/C14H21NO2S/c1-9(2)11-6-7-18-13(11)14(17)15-8-10-4-3-5-12(10)16/h6-7,9-10,12,16H,3-5,8H2,1-2H3,(H,15,17). The molecule has 2 atom stereocenters. The Balaban J connectivity index is 1.93. The van der Waals surface area contributed by atoms with E-state index >= 15 is 0 Å². The van der Waals surface area contributed by atoms with Gasteiger partial charge in [-0.15, -0.1) is 11.3 Å². The van der Waals surface area contributed by atoms with Crippen LogP contribution < -0.4 is 5.32 Å². The predicted octanol–water partition coefficient (Wildman–Crippen LogP) is 2.76. The number of carbonyl (C=O) groups excluding carboxylic acids is 1. The van der Waals surface area contributed by atoms with Gasteiger partial charge < -0.3 is 10.4 Å². The van der Waals surface area contributed by atoms with Crippen molar-refractivity contribution in [2.45, 2.75) is 45.1 Å². The van der Waals surface area contributed by atoms with Crippen molar-refractivity contribution < 1.29 is 9.90 Å². The lowest BCUT2D eigenvalue weighted by molar-refractivity contribution is 0.0919. The molecule has 2 unspecified atom stereocenters. The van der Waals surface area contributed by atoms with Crippen molar-refractivity contribution in [1.82, 2.24) is 5.32 Å². The molecule has 0 spiro atoms. The third-order valence-electron chi connectivity index (χ3n) is 3.67. The van der Waals surface area contributed by atoms with E-state index < -0.39 is 0 Å². The van der Waals surface area contributed by atoms with Gasteiger partial charge in [0.25, 0.3) is 5.91 Å². The third-order valence-corrected chi connectivity index (χ3v) is 4.60. The van der Waals surface area contributed by atoms with Gasteiger partial charge in [-0.1, -0.05) is 20.3 Å². The Bertz CT molecular complexity index is 414. The number of carbonyl (C=O) groups is 1. The van der Waals surface area contributed by atoms with Crippen molar-refractivity contribution in [1.29, 1.82) is 0 Å². The summed E-state index contributed by atoms with van der Waals surface area (Å²) >= 11 is 1.49. The molecule has 1 aliphatic rings. The summed E-state index contributed by atoms with van der Waals surface area (Å²) in [5.74, 6) is 0.610. The molecule has 100 valence electrons. The monoisotopic (exact) mass is 267 g/mol. The van der Waals surface area contributed by atoms with Crippen LogP contribution in [0.5, 0.6) is 0 Å². The summed E-state index contributed by atoms with van der Waals surface area (Å²) in [5, 5.41) is 14.7. The van der Waals surface area contributed by atoms with E-state index in [9.17, 15) is 9.90 Å². The van der Waals surface area contributed by atoms with Crippen LogP contribution in [0.2, 0.25) is 0 Å². The minimum atomic E-state index is -0.238. The lowest BCUT2D eigenvalue weighted by Crippen LogP contribution is -2.32. The molecule has 2 rings (SSSR count). The molecule has 1 aromatic rings. The van der Waals surface area contributed by atoms with Gasteiger partial charge in [-0.3, -0.25) is 4.79 Å². The predicted molar refractivity (Wildman–Crippen MR) is 74.1 cm³/mol. The first-order valence-electron chi connectivity index (χ1n) is 6.63. The summed E-state index contributed by atoms with van der Waals surface area (Å²) in [5.41, 5.74) is 1.12. The largest absolute Gasteiger partial charge is 0.393 e. The summed E-state index contributed by atoms with van der Waals surface area (Å²) in [6, 6.07) is 2.02. The van der Waals surface area contributed by atoms with Crippen LogP contribution in [0.4, 0.5) is 0 Å². The Morgan fingerprint density at radius 3 is 2.94 bits per heavy atom. The SMILES string of the molecule is CC(C)c1ccsc1C(=O)NCC1CCCC1O. The Morgan fingerprint density at radius 2 is 2.33 bits per heavy atom. The fourth-order valence-corrected chi connectivity index (χ4v) is 3.49. The number of hydrogen-bond acceptors (Lipinski definition) is 3. The van der Waals surface area contributed by atoms with Gasteiger partial charge in [0.15, 0.2) is 0 Å². The third kappa shape index (κ3) is 2.93. The number of amides is 1. The number of aliphatic hydroxyl groups excluding tert-OH is 1. The molecular weight excluding hydrogens is 246 g/mol. The molecule has 0 bridgehead atoms. The molecule has 18 heavy (non-hydrogen) atoms. The van der Waals surface area contributed by atoms with Crippen LogP contribution >= 0.6 is 11.3 Å². The minimum Gasteiger partial charge on any atom is -0.393 e. The molecular formula is C14H21NO2S. The molecule has 1 fully saturated rings. The second-order valence-electron chi connectivity index (χ2n) is 5.33. The molecule has 1 aliphatic carbocycles. The Morgan fingerprint density at radius 1 is 1.56 bits per heavy atom. The Kier molecular flexibility index (Phi) is 4.40. The first-order valence-corrected chi connectivity index (χ1v) is 7.51. The van der Waals surface area contributed by atoms with Crippen LogP contribution in [-0.2, 0) is 0 Å². The van der Waals surface area contributed by atoms with Crippen molar-refractivity contribution in [2.24, 2.45) is 5.92 Å². The maximum Gasteiger partial charge on any atom is 0.261 e. The van der Waals surface area contributed by atoms with Gasteiger partial charge in [-0.25, -0.2) is 0 Å². The second-order valence-corrected chi connectivity index (χ2v) is 6.24. The van der Waals surface area contributed by atoms with E-state index in [0.717, 1.165) is 29.7 Å². The van der Waals surface area contributed by atoms with Crippen molar-refractivity contribution in [3.63, 3.8) is 0 Å². The van der Waals surface area contributed by atoms with E-state index in [4.69, 9.17) is 0 Å². The molecule has 3 nitrogen and oxygen atoms in total. The highest BCUT2D eigenvalue weighted by Gasteiger charge is 2.26. The molecule has 1 aromatic heterocycles. The van der Waals surface area contributed by atoms with E-state index in [-0.39, 0.29) is 17.9 Å². The minimum absolute atomic E-state index is 0.00722. The van der Waals surface area contributed by atoms with Crippen molar-refractivity contribution in [3.05, 3.63) is 21.9 Å². The van der Waals surface area contributed by atoms with Gasteiger partial charge in [-0.2, -0.15) is 0 Å². The summed E-state index contributed by atoms with van der Waals surface area (Å²) in [4.78, 5) is 12.9. The lowest BCUT2D eigenvalue weighted by Gasteiger charge is -2.15. The summed E-state index contributed by atoms with van der Waals surface area (Å²) in [6.45, 7) is 4.79. The average molecular weight is 267 g/mol. The normalized spacial score (nSPS) is 23.6. The number of thiophene rings is 1. The number of aliphatic hydroxyl groups is 1. The van der Waals surface area contributed by atoms with Crippen molar-refractivity contribution in [2.75, 3.05) is 6.54 Å². The Labute approximate surface area is 112 Å². The van der Waals surface area contributed by atoms with Crippen molar-refractivity contribution >= 4 is 17.2 Å². The van der Waals surface area contributed by atoms with E-state index in [1.54, 1.807) is 0 Å². The quantitative estimate of drug-likeness (QED) is 0.881. The van der Waals surface area contributed by atoms with Crippen LogP contribution in [0.3, 0.4) is 0 Å². The first kappa shape index (κ1) is 13.6. The van der Waals surface area contributed by atoms with Gasteiger partial charge in [-0.05, 0) is 35.8 Å². The molecule has 0 aliphatic heterocycles. The molecule has 0 aromatic carbocycles. The van der Waals surface area contributed by atoms with Crippen LogP contribution in [0.1, 0.15) is 54.3 Å². The summed E-state index contributed by atoms with van der Waals surface area (Å²) in [6.07, 6.45) is 2.72. The van der Waals surface area contributed by atoms with Crippen LogP contribution in [0, 0.1) is 5.92 Å². The number of nitrogens with one attached hydrogen (secondary N) is 1. The highest BCUT2D eigenvalue weighted by molar-refractivity contribution is 7.12. The van der Waals surface area contributed by atoms with E-state index in [1.165, 1.54) is 11.3 Å². The van der Waals surface area contributed by atoms with Crippen LogP contribution in [0.15, 0.2) is 11.4 Å². The average Bonchev–Trinajstić information content (AvgIpc) is 2.94. The zero-order valence-corrected chi connectivity index (χ0v) is 11.8. The molecule has 4 heteroatoms. The molecule has 0 saturated heterocycles. The maximum absolute atomic E-state index is 12.1. The van der Waals surface area contributed by atoms with Gasteiger partial charge >= 0.3 is 0 Å². The van der Waals surface area contributed by atoms with Gasteiger partial charge in [0.1, 0.15) is 0 Å². The molecule has 2 N–H and O–H groups in total. The molecule has 1 amide bonds. The highest BCUT2D eigenvalue weighted by atomic mass is 32.1. The Hall–Kier alpha value is -0.870. The molecule has 1 saturated carbocycles. The smallest absolute Gasteiger partial charge is 0.261 e. The maximum atomic E-state index is 12.1. The second kappa shape index (κ2) is 5.85. The zero-order valence-electron chi connectivity index (χ0n) is 11.0. The fourth-order valence-electron chi connectivity index (χ4n) is 2.52. The first-order chi connectivity index (χ1) is 8.59. The molecule has 1 heterocycles. The van der Waals surface area contributed by atoms with Gasteiger partial charge in [0.2, 0.25) is 0 Å². The van der Waals surface area contributed by atoms with E-state index in [2.05, 4.69) is 19.2 Å². The zero-order chi connectivity index (χ0) is 13.1. The van der Waals surface area contributed by atoms with E-state index in [1.807, 2.05) is 11.4 Å². The summed E-state index contributed by atoms with van der Waals surface area (Å²) < 4.78 is 0. The topological polar surface area (TPSA) is 49.3 Å². The highest BCUT2D eigenvalue weighted by Crippen LogP contribution is 2.26. The lowest BCUT2D eigenvalue weighted by atomic mass is 10.0. The van der Waals surface area contributed by atoms with Gasteiger partial charge in [0, 0.05) is 12.5 Å². The molecule has 0 radical (unpaired) electrons. The van der Waals surface area contributed by atoms with Crippen LogP contribution in [0.25, 0.3) is 0 Å². The van der Waals surface area contributed by atoms with Crippen molar-refractivity contribution in [3.8, 4) is 0 Å². The number of rotatable bonds is 4. The van der Waals surface area contributed by atoms with Crippen LogP contribution in [-0.4, -0.2) is 23.7 Å². The number of hydrogen-bond donors (Lipinski definition) is 2.